The van der Waals surface area contributed by atoms with Crippen molar-refractivity contribution in [3.8, 4) is 5.75 Å². The number of carbonyl (C=O) groups is 2. The zero-order valence-corrected chi connectivity index (χ0v) is 19.6. The lowest BCUT2D eigenvalue weighted by Crippen LogP contribution is -2.66. The third kappa shape index (κ3) is 3.84. The molecule has 3 aliphatic heterocycles. The molecule has 0 bridgehead atoms. The Morgan fingerprint density at radius 3 is 2.62 bits per heavy atom. The van der Waals surface area contributed by atoms with Gasteiger partial charge in [0.2, 0.25) is 5.72 Å². The smallest absolute Gasteiger partial charge is 0.282 e. The van der Waals surface area contributed by atoms with E-state index in [1.165, 1.54) is 17.0 Å². The Morgan fingerprint density at radius 2 is 1.88 bits per heavy atom. The van der Waals surface area contributed by atoms with Crippen molar-refractivity contribution in [1.29, 1.82) is 0 Å². The summed E-state index contributed by atoms with van der Waals surface area (Å²) >= 11 is 0. The van der Waals surface area contributed by atoms with Gasteiger partial charge in [0, 0.05) is 45.0 Å². The molecule has 3 heterocycles. The third-order valence-corrected chi connectivity index (χ3v) is 7.03. The number of nitrogens with zero attached hydrogens (tertiary/aromatic N) is 3. The van der Waals surface area contributed by atoms with Crippen LogP contribution in [0.5, 0.6) is 5.75 Å². The van der Waals surface area contributed by atoms with Crippen LogP contribution in [0.1, 0.15) is 41.2 Å². The number of halogens is 1. The molecule has 7 nitrogen and oxygen atoms in total. The summed E-state index contributed by atoms with van der Waals surface area (Å²) in [5.41, 5.74) is 0.747. The fourth-order valence-electron chi connectivity index (χ4n) is 5.43. The lowest BCUT2D eigenvalue weighted by Gasteiger charge is -2.47. The van der Waals surface area contributed by atoms with Crippen LogP contribution in [-0.4, -0.2) is 74.2 Å². The molecule has 0 N–H and O–H groups in total. The molecule has 34 heavy (non-hydrogen) atoms. The Balaban J connectivity index is 1.59. The summed E-state index contributed by atoms with van der Waals surface area (Å²) in [5, 5.41) is 0. The maximum atomic E-state index is 14.0. The number of benzene rings is 2. The number of ketones is 1. The van der Waals surface area contributed by atoms with Crippen molar-refractivity contribution in [2.75, 3.05) is 51.8 Å². The largest absolute Gasteiger partial charge is 0.461 e. The highest BCUT2D eigenvalue weighted by atomic mass is 19.1. The molecule has 0 saturated carbocycles. The van der Waals surface area contributed by atoms with Gasteiger partial charge >= 0.3 is 0 Å². The van der Waals surface area contributed by atoms with E-state index in [0.717, 1.165) is 30.6 Å². The summed E-state index contributed by atoms with van der Waals surface area (Å²) in [6.07, 6.45) is 1.74. The molecule has 2 aromatic carbocycles. The van der Waals surface area contributed by atoms with Crippen LogP contribution in [0, 0.1) is 5.82 Å². The van der Waals surface area contributed by atoms with E-state index >= 15 is 0 Å². The minimum atomic E-state index is -1.41. The SMILES string of the molecule is CN(C)C(=O)C1(N2CCOCC2)CC(=O)c2cccc(C3CCCN3c3cccc(F)c3)c2O1. The number of likely N-dealkylation sites (N-methyl/N-ethyl adjacent to an activating group) is 1. The highest BCUT2D eigenvalue weighted by molar-refractivity contribution is 6.04. The van der Waals surface area contributed by atoms with Gasteiger partial charge in [-0.05, 0) is 37.1 Å². The molecule has 180 valence electrons. The summed E-state index contributed by atoms with van der Waals surface area (Å²) in [6.45, 7) is 2.73. The van der Waals surface area contributed by atoms with Gasteiger partial charge in [-0.25, -0.2) is 4.39 Å². The minimum Gasteiger partial charge on any atom is -0.461 e. The first kappa shape index (κ1) is 22.8. The summed E-state index contributed by atoms with van der Waals surface area (Å²) in [5.74, 6) is -0.182. The van der Waals surface area contributed by atoms with E-state index < -0.39 is 5.72 Å². The number of amides is 1. The number of hydrogen-bond acceptors (Lipinski definition) is 6. The predicted molar refractivity (Wildman–Crippen MR) is 126 cm³/mol. The molecule has 0 radical (unpaired) electrons. The van der Waals surface area contributed by atoms with Gasteiger partial charge < -0.3 is 19.3 Å². The molecule has 0 aromatic heterocycles. The Hall–Kier alpha value is -2.97. The number of para-hydroxylation sites is 1. The zero-order chi connectivity index (χ0) is 23.9. The molecular formula is C26H30FN3O4. The van der Waals surface area contributed by atoms with E-state index in [2.05, 4.69) is 4.90 Å². The molecule has 2 aromatic rings. The molecule has 5 rings (SSSR count). The highest BCUT2D eigenvalue weighted by Crippen LogP contribution is 2.46. The minimum absolute atomic E-state index is 0.0429. The van der Waals surface area contributed by atoms with E-state index in [9.17, 15) is 14.0 Å². The monoisotopic (exact) mass is 467 g/mol. The molecule has 0 aliphatic carbocycles. The Kier molecular flexibility index (Phi) is 6.04. The van der Waals surface area contributed by atoms with Crippen LogP contribution in [0.3, 0.4) is 0 Å². The topological polar surface area (TPSA) is 62.3 Å². The van der Waals surface area contributed by atoms with Crippen molar-refractivity contribution < 1.29 is 23.5 Å². The van der Waals surface area contributed by atoms with Crippen molar-refractivity contribution in [3.63, 3.8) is 0 Å². The summed E-state index contributed by atoms with van der Waals surface area (Å²) in [6, 6.07) is 12.1. The van der Waals surface area contributed by atoms with Gasteiger partial charge in [0.1, 0.15) is 11.6 Å². The molecule has 2 saturated heterocycles. The second kappa shape index (κ2) is 9.00. The van der Waals surface area contributed by atoms with Gasteiger partial charge in [-0.15, -0.1) is 0 Å². The molecule has 2 unspecified atom stereocenters. The van der Waals surface area contributed by atoms with Crippen LogP contribution in [0.15, 0.2) is 42.5 Å². The second-order valence-corrected chi connectivity index (χ2v) is 9.34. The molecule has 8 heteroatoms. The Labute approximate surface area is 199 Å². The molecule has 0 spiro atoms. The quantitative estimate of drug-likeness (QED) is 0.688. The predicted octanol–water partition coefficient (Wildman–Crippen LogP) is 3.25. The van der Waals surface area contributed by atoms with E-state index in [-0.39, 0.29) is 30.0 Å². The van der Waals surface area contributed by atoms with Crippen LogP contribution in [0.4, 0.5) is 10.1 Å². The number of anilines is 1. The van der Waals surface area contributed by atoms with Crippen LogP contribution in [-0.2, 0) is 9.53 Å². The average molecular weight is 468 g/mol. The van der Waals surface area contributed by atoms with E-state index in [4.69, 9.17) is 9.47 Å². The standard InChI is InChI=1S/C26H30FN3O4/c1-28(2)25(32)26(29-12-14-33-15-13-29)17-23(31)21-9-4-8-20(24(21)34-26)22-10-5-11-30(22)19-7-3-6-18(27)16-19/h3-4,6-9,16,22H,5,10-15,17H2,1-2H3. The first-order chi connectivity index (χ1) is 16.4. The number of fused-ring (bicyclic) bond motifs is 1. The van der Waals surface area contributed by atoms with Crippen LogP contribution < -0.4 is 9.64 Å². The Bertz CT molecular complexity index is 1100. The van der Waals surface area contributed by atoms with Crippen LogP contribution in [0.25, 0.3) is 0 Å². The van der Waals surface area contributed by atoms with E-state index in [0.29, 0.717) is 37.6 Å². The summed E-state index contributed by atoms with van der Waals surface area (Å²) < 4.78 is 26.2. The fourth-order valence-corrected chi connectivity index (χ4v) is 5.43. The number of carbonyl (C=O) groups excluding carboxylic acids is 2. The number of morpholine rings is 1. The van der Waals surface area contributed by atoms with Gasteiger partial charge in [0.05, 0.1) is 31.2 Å². The van der Waals surface area contributed by atoms with Crippen molar-refractivity contribution in [1.82, 2.24) is 9.80 Å². The maximum absolute atomic E-state index is 14.0. The highest BCUT2D eigenvalue weighted by Gasteiger charge is 2.53. The van der Waals surface area contributed by atoms with Gasteiger partial charge in [-0.2, -0.15) is 0 Å². The van der Waals surface area contributed by atoms with Crippen molar-refractivity contribution in [2.45, 2.75) is 31.0 Å². The van der Waals surface area contributed by atoms with Gasteiger partial charge in [0.15, 0.2) is 5.78 Å². The van der Waals surface area contributed by atoms with Crippen LogP contribution in [0.2, 0.25) is 0 Å². The van der Waals surface area contributed by atoms with Gasteiger partial charge in [0.25, 0.3) is 5.91 Å². The first-order valence-corrected chi connectivity index (χ1v) is 11.8. The fraction of sp³-hybridized carbons (Fsp3) is 0.462. The normalized spacial score (nSPS) is 25.1. The number of Topliss-reactive ketones (excluding diaryl/α,β-unsaturated/α-hetero) is 1. The zero-order valence-electron chi connectivity index (χ0n) is 19.6. The van der Waals surface area contributed by atoms with Crippen molar-refractivity contribution in [3.05, 3.63) is 59.4 Å². The molecule has 1 amide bonds. The number of rotatable bonds is 4. The number of hydrogen-bond donors (Lipinski definition) is 0. The number of ether oxygens (including phenoxy) is 2. The van der Waals surface area contributed by atoms with Crippen molar-refractivity contribution >= 4 is 17.4 Å². The molecule has 2 fully saturated rings. The molecule has 2 atom stereocenters. The van der Waals surface area contributed by atoms with E-state index in [1.54, 1.807) is 26.2 Å². The summed E-state index contributed by atoms with van der Waals surface area (Å²) in [4.78, 5) is 32.6. The van der Waals surface area contributed by atoms with Crippen molar-refractivity contribution in [2.24, 2.45) is 0 Å². The Morgan fingerprint density at radius 1 is 1.12 bits per heavy atom. The maximum Gasteiger partial charge on any atom is 0.282 e. The van der Waals surface area contributed by atoms with Crippen LogP contribution >= 0.6 is 0 Å². The van der Waals surface area contributed by atoms with Gasteiger partial charge in [-0.3, -0.25) is 14.5 Å². The average Bonchev–Trinajstić information content (AvgIpc) is 3.33. The second-order valence-electron chi connectivity index (χ2n) is 9.34. The summed E-state index contributed by atoms with van der Waals surface area (Å²) in [7, 11) is 3.37. The molecular weight excluding hydrogens is 437 g/mol. The lowest BCUT2D eigenvalue weighted by molar-refractivity contribution is -0.174. The van der Waals surface area contributed by atoms with E-state index in [1.807, 2.05) is 23.1 Å². The third-order valence-electron chi connectivity index (χ3n) is 7.03. The molecule has 3 aliphatic rings. The van der Waals surface area contributed by atoms with Gasteiger partial charge in [-0.1, -0.05) is 18.2 Å². The first-order valence-electron chi connectivity index (χ1n) is 11.8. The lowest BCUT2D eigenvalue weighted by atomic mass is 9.90.